The molecule has 0 spiro atoms. The van der Waals surface area contributed by atoms with Gasteiger partial charge in [0.15, 0.2) is 5.69 Å². The number of aryl methyl sites for hydroxylation is 1. The van der Waals surface area contributed by atoms with Gasteiger partial charge in [-0.3, -0.25) is 9.36 Å². The third-order valence-corrected chi connectivity index (χ3v) is 3.44. The van der Waals surface area contributed by atoms with Crippen molar-refractivity contribution in [2.75, 3.05) is 0 Å². The number of aromatic nitrogens is 3. The molecule has 0 unspecified atom stereocenters. The molecule has 0 radical (unpaired) electrons. The minimum atomic E-state index is -1.15. The maximum atomic E-state index is 12.2. The minimum Gasteiger partial charge on any atom is -0.489 e. The highest BCUT2D eigenvalue weighted by Gasteiger charge is 2.15. The largest absolute Gasteiger partial charge is 0.489 e. The Kier molecular flexibility index (Phi) is 4.15. The molecule has 2 aromatic heterocycles. The number of aromatic amines is 1. The van der Waals surface area contributed by atoms with E-state index in [9.17, 15) is 9.59 Å². The van der Waals surface area contributed by atoms with Crippen LogP contribution in [0.2, 0.25) is 0 Å². The lowest BCUT2D eigenvalue weighted by atomic mass is 10.2. The summed E-state index contributed by atoms with van der Waals surface area (Å²) in [5, 5.41) is 9.03. The van der Waals surface area contributed by atoms with Crippen molar-refractivity contribution in [3.63, 3.8) is 0 Å². The number of hydrogen-bond acceptors (Lipinski definition) is 4. The van der Waals surface area contributed by atoms with Crippen LogP contribution in [-0.2, 0) is 6.61 Å². The predicted molar refractivity (Wildman–Crippen MR) is 86.7 cm³/mol. The molecule has 0 amide bonds. The summed E-state index contributed by atoms with van der Waals surface area (Å²) in [7, 11) is 0. The van der Waals surface area contributed by atoms with Gasteiger partial charge in [0.05, 0.1) is 0 Å². The van der Waals surface area contributed by atoms with E-state index in [0.29, 0.717) is 18.1 Å². The molecular weight excluding hydrogens is 310 g/mol. The number of carbonyl (C=O) groups is 1. The molecule has 0 saturated carbocycles. The zero-order chi connectivity index (χ0) is 17.1. The summed E-state index contributed by atoms with van der Waals surface area (Å²) in [4.78, 5) is 30.0. The number of nitrogens with zero attached hydrogens (tertiary/aromatic N) is 2. The van der Waals surface area contributed by atoms with E-state index in [-0.39, 0.29) is 17.2 Å². The Hall–Kier alpha value is -3.35. The fourth-order valence-electron chi connectivity index (χ4n) is 2.23. The number of nitrogens with one attached hydrogen (secondary N) is 1. The van der Waals surface area contributed by atoms with E-state index in [2.05, 4.69) is 9.97 Å². The predicted octanol–water partition coefficient (Wildman–Crippen LogP) is 2.15. The monoisotopic (exact) mass is 325 g/mol. The van der Waals surface area contributed by atoms with E-state index in [1.165, 1.54) is 16.8 Å². The number of carboxylic acid groups (broad SMARTS) is 1. The average molecular weight is 325 g/mol. The van der Waals surface area contributed by atoms with Crippen LogP contribution in [0.1, 0.15) is 21.7 Å². The number of H-pyrrole nitrogens is 1. The van der Waals surface area contributed by atoms with E-state index in [1.807, 2.05) is 30.3 Å². The molecule has 0 fully saturated rings. The number of ether oxygens (including phenoxy) is 1. The Morgan fingerprint density at radius 2 is 2.04 bits per heavy atom. The molecule has 0 saturated heterocycles. The van der Waals surface area contributed by atoms with E-state index in [4.69, 9.17) is 9.84 Å². The molecule has 7 heteroatoms. The average Bonchev–Trinajstić information content (AvgIpc) is 2.96. The van der Waals surface area contributed by atoms with Gasteiger partial charge in [-0.25, -0.2) is 9.78 Å². The van der Waals surface area contributed by atoms with Crippen molar-refractivity contribution in [2.24, 2.45) is 0 Å². The lowest BCUT2D eigenvalue weighted by molar-refractivity contribution is 0.0690. The SMILES string of the molecule is Cc1[nH]c(-n2ccc(OCc3ccccc3)cc2=O)nc1C(=O)O. The van der Waals surface area contributed by atoms with Crippen LogP contribution in [0.5, 0.6) is 5.75 Å². The van der Waals surface area contributed by atoms with Crippen molar-refractivity contribution >= 4 is 5.97 Å². The molecule has 2 heterocycles. The van der Waals surface area contributed by atoms with Crippen LogP contribution in [0.3, 0.4) is 0 Å². The van der Waals surface area contributed by atoms with Gasteiger partial charge in [-0.05, 0) is 18.6 Å². The second kappa shape index (κ2) is 6.41. The van der Waals surface area contributed by atoms with Gasteiger partial charge in [0.1, 0.15) is 12.4 Å². The molecule has 2 N–H and O–H groups in total. The van der Waals surface area contributed by atoms with Crippen LogP contribution < -0.4 is 10.3 Å². The molecule has 0 atom stereocenters. The van der Waals surface area contributed by atoms with Gasteiger partial charge in [0, 0.05) is 18.0 Å². The minimum absolute atomic E-state index is 0.110. The molecule has 122 valence electrons. The van der Waals surface area contributed by atoms with Gasteiger partial charge in [0.2, 0.25) is 5.95 Å². The van der Waals surface area contributed by atoms with Gasteiger partial charge in [-0.1, -0.05) is 30.3 Å². The fourth-order valence-corrected chi connectivity index (χ4v) is 2.23. The van der Waals surface area contributed by atoms with E-state index < -0.39 is 5.97 Å². The highest BCUT2D eigenvalue weighted by molar-refractivity contribution is 5.86. The summed E-state index contributed by atoms with van der Waals surface area (Å²) in [6, 6.07) is 12.6. The molecule has 7 nitrogen and oxygen atoms in total. The van der Waals surface area contributed by atoms with E-state index >= 15 is 0 Å². The number of carboxylic acids is 1. The van der Waals surface area contributed by atoms with Crippen LogP contribution in [-0.4, -0.2) is 25.6 Å². The van der Waals surface area contributed by atoms with Gasteiger partial charge in [-0.2, -0.15) is 0 Å². The smallest absolute Gasteiger partial charge is 0.356 e. The fraction of sp³-hybridized carbons (Fsp3) is 0.118. The van der Waals surface area contributed by atoms with Crippen molar-refractivity contribution in [3.8, 4) is 11.7 Å². The van der Waals surface area contributed by atoms with Gasteiger partial charge < -0.3 is 14.8 Å². The number of imidazole rings is 1. The highest BCUT2D eigenvalue weighted by atomic mass is 16.5. The molecule has 0 aliphatic heterocycles. The summed E-state index contributed by atoms with van der Waals surface area (Å²) in [5.41, 5.74) is 0.899. The van der Waals surface area contributed by atoms with Crippen molar-refractivity contribution in [1.29, 1.82) is 0 Å². The standard InChI is InChI=1S/C17H15N3O4/c1-11-15(16(22)23)19-17(18-11)20-8-7-13(9-14(20)21)24-10-12-5-3-2-4-6-12/h2-9H,10H2,1H3,(H,18,19)(H,22,23). The zero-order valence-electron chi connectivity index (χ0n) is 12.9. The summed E-state index contributed by atoms with van der Waals surface area (Å²) < 4.78 is 6.82. The van der Waals surface area contributed by atoms with Crippen molar-refractivity contribution in [1.82, 2.24) is 14.5 Å². The first-order valence-electron chi connectivity index (χ1n) is 7.24. The number of hydrogen-bond donors (Lipinski definition) is 2. The number of pyridine rings is 1. The third-order valence-electron chi connectivity index (χ3n) is 3.44. The maximum Gasteiger partial charge on any atom is 0.356 e. The number of rotatable bonds is 5. The van der Waals surface area contributed by atoms with Crippen LogP contribution in [0.25, 0.3) is 5.95 Å². The maximum absolute atomic E-state index is 12.2. The highest BCUT2D eigenvalue weighted by Crippen LogP contribution is 2.12. The number of aromatic carboxylic acids is 1. The Morgan fingerprint density at radius 3 is 2.67 bits per heavy atom. The topological polar surface area (TPSA) is 97.2 Å². The molecule has 3 aromatic rings. The summed E-state index contributed by atoms with van der Waals surface area (Å²) >= 11 is 0. The van der Waals surface area contributed by atoms with Crippen LogP contribution >= 0.6 is 0 Å². The molecular formula is C17H15N3O4. The summed E-state index contributed by atoms with van der Waals surface area (Å²) in [5.74, 6) is -0.558. The first-order valence-corrected chi connectivity index (χ1v) is 7.24. The molecule has 24 heavy (non-hydrogen) atoms. The van der Waals surface area contributed by atoms with Gasteiger partial charge >= 0.3 is 5.97 Å². The summed E-state index contributed by atoms with van der Waals surface area (Å²) in [6.07, 6.45) is 1.49. The second-order valence-electron chi connectivity index (χ2n) is 5.18. The second-order valence-corrected chi connectivity index (χ2v) is 5.18. The third kappa shape index (κ3) is 3.19. The van der Waals surface area contributed by atoms with Crippen molar-refractivity contribution < 1.29 is 14.6 Å². The Bertz CT molecular complexity index is 929. The van der Waals surface area contributed by atoms with Crippen molar-refractivity contribution in [2.45, 2.75) is 13.5 Å². The molecule has 3 rings (SSSR count). The van der Waals surface area contributed by atoms with Crippen LogP contribution in [0, 0.1) is 6.92 Å². The zero-order valence-corrected chi connectivity index (χ0v) is 12.9. The molecule has 1 aromatic carbocycles. The van der Waals surface area contributed by atoms with Gasteiger partial charge in [0.25, 0.3) is 5.56 Å². The molecule has 0 bridgehead atoms. The lowest BCUT2D eigenvalue weighted by Gasteiger charge is -2.07. The first-order chi connectivity index (χ1) is 11.5. The normalized spacial score (nSPS) is 10.5. The lowest BCUT2D eigenvalue weighted by Crippen LogP contribution is -2.18. The first kappa shape index (κ1) is 15.5. The molecule has 0 aliphatic carbocycles. The van der Waals surface area contributed by atoms with Crippen LogP contribution in [0.15, 0.2) is 53.5 Å². The summed E-state index contributed by atoms with van der Waals surface area (Å²) in [6.45, 7) is 1.94. The van der Waals surface area contributed by atoms with Crippen LogP contribution in [0.4, 0.5) is 0 Å². The Balaban J connectivity index is 1.81. The Labute approximate surface area is 137 Å². The quantitative estimate of drug-likeness (QED) is 0.749. The van der Waals surface area contributed by atoms with E-state index in [0.717, 1.165) is 5.56 Å². The van der Waals surface area contributed by atoms with Gasteiger partial charge in [-0.15, -0.1) is 0 Å². The van der Waals surface area contributed by atoms with Crippen molar-refractivity contribution in [3.05, 3.63) is 76.0 Å². The number of benzene rings is 1. The Morgan fingerprint density at radius 1 is 1.29 bits per heavy atom. The molecule has 0 aliphatic rings. The van der Waals surface area contributed by atoms with E-state index in [1.54, 1.807) is 13.0 Å².